The van der Waals surface area contributed by atoms with Crippen molar-refractivity contribution in [3.63, 3.8) is 0 Å². The van der Waals surface area contributed by atoms with E-state index in [0.717, 1.165) is 45.7 Å². The Morgan fingerprint density at radius 1 is 1.32 bits per heavy atom. The van der Waals surface area contributed by atoms with Crippen LogP contribution in [0.1, 0.15) is 11.8 Å². The van der Waals surface area contributed by atoms with Crippen molar-refractivity contribution in [3.05, 3.63) is 22.4 Å². The van der Waals surface area contributed by atoms with E-state index >= 15 is 0 Å². The maximum atomic E-state index is 11.8. The van der Waals surface area contributed by atoms with Crippen LogP contribution in [-0.4, -0.2) is 68.7 Å². The van der Waals surface area contributed by atoms with Crippen molar-refractivity contribution in [2.75, 3.05) is 52.9 Å². The first-order valence-electron chi connectivity index (χ1n) is 8.08. The second-order valence-electron chi connectivity index (χ2n) is 6.18. The molecule has 2 heterocycles. The van der Waals surface area contributed by atoms with Gasteiger partial charge in [-0.3, -0.25) is 0 Å². The number of hydrogen-bond donors (Lipinski definition) is 2. The number of likely N-dealkylation sites (N-methyl/N-ethyl adjacent to an activating group) is 1. The van der Waals surface area contributed by atoms with Gasteiger partial charge in [0.15, 0.2) is 0 Å². The molecule has 2 rings (SSSR count). The molecule has 124 valence electrons. The van der Waals surface area contributed by atoms with Gasteiger partial charge in [0.1, 0.15) is 0 Å². The number of carbonyl (C=O) groups excluding carboxylic acids is 1. The van der Waals surface area contributed by atoms with Crippen LogP contribution in [-0.2, 0) is 6.42 Å². The van der Waals surface area contributed by atoms with Crippen LogP contribution < -0.4 is 10.6 Å². The lowest BCUT2D eigenvalue weighted by Gasteiger charge is -2.33. The van der Waals surface area contributed by atoms with E-state index in [0.29, 0.717) is 12.5 Å². The largest absolute Gasteiger partial charge is 0.338 e. The number of carbonyl (C=O) groups is 1. The monoisotopic (exact) mass is 324 g/mol. The van der Waals surface area contributed by atoms with Crippen LogP contribution in [0.15, 0.2) is 17.5 Å². The molecule has 1 aliphatic rings. The van der Waals surface area contributed by atoms with E-state index in [4.69, 9.17) is 0 Å². The molecule has 0 aromatic carbocycles. The van der Waals surface area contributed by atoms with Gasteiger partial charge in [-0.2, -0.15) is 0 Å². The zero-order valence-electron chi connectivity index (χ0n) is 13.7. The molecule has 1 saturated heterocycles. The van der Waals surface area contributed by atoms with Gasteiger partial charge in [-0.1, -0.05) is 13.0 Å². The van der Waals surface area contributed by atoms with Crippen LogP contribution >= 0.6 is 11.3 Å². The van der Waals surface area contributed by atoms with Crippen LogP contribution in [0.4, 0.5) is 4.79 Å². The minimum atomic E-state index is -0.0539. The topological polar surface area (TPSA) is 47.6 Å². The maximum Gasteiger partial charge on any atom is 0.314 e. The molecule has 6 heteroatoms. The van der Waals surface area contributed by atoms with Crippen LogP contribution in [0.2, 0.25) is 0 Å². The van der Waals surface area contributed by atoms with E-state index in [-0.39, 0.29) is 6.03 Å². The van der Waals surface area contributed by atoms with E-state index in [9.17, 15) is 4.79 Å². The summed E-state index contributed by atoms with van der Waals surface area (Å²) in [7, 11) is 2.17. The van der Waals surface area contributed by atoms with E-state index in [1.165, 1.54) is 4.88 Å². The summed E-state index contributed by atoms with van der Waals surface area (Å²) in [4.78, 5) is 17.9. The Bertz CT molecular complexity index is 429. The Hall–Kier alpha value is -1.11. The first-order valence-corrected chi connectivity index (χ1v) is 8.96. The van der Waals surface area contributed by atoms with Gasteiger partial charge in [0.05, 0.1) is 0 Å². The zero-order valence-corrected chi connectivity index (χ0v) is 14.5. The average Bonchev–Trinajstić information content (AvgIpc) is 3.01. The van der Waals surface area contributed by atoms with Gasteiger partial charge < -0.3 is 20.4 Å². The van der Waals surface area contributed by atoms with E-state index in [1.54, 1.807) is 11.3 Å². The Kier molecular flexibility index (Phi) is 7.15. The third-order valence-electron chi connectivity index (χ3n) is 4.01. The summed E-state index contributed by atoms with van der Waals surface area (Å²) in [6.45, 7) is 9.23. The number of nitrogens with one attached hydrogen (secondary N) is 2. The SMILES string of the molecule is C[C@H](CNC(=O)NCCc1cccs1)CN1CCN(C)CC1. The Labute approximate surface area is 137 Å². The van der Waals surface area contributed by atoms with Gasteiger partial charge in [0.2, 0.25) is 0 Å². The Morgan fingerprint density at radius 3 is 2.77 bits per heavy atom. The molecule has 0 bridgehead atoms. The highest BCUT2D eigenvalue weighted by molar-refractivity contribution is 7.09. The summed E-state index contributed by atoms with van der Waals surface area (Å²) in [6, 6.07) is 4.09. The van der Waals surface area contributed by atoms with Crippen molar-refractivity contribution in [1.29, 1.82) is 0 Å². The van der Waals surface area contributed by atoms with Gasteiger partial charge in [0, 0.05) is 50.7 Å². The normalized spacial score (nSPS) is 18.1. The van der Waals surface area contributed by atoms with Crippen LogP contribution in [0, 0.1) is 5.92 Å². The van der Waals surface area contributed by atoms with Crippen molar-refractivity contribution in [2.45, 2.75) is 13.3 Å². The fourth-order valence-corrected chi connectivity index (χ4v) is 3.33. The average molecular weight is 324 g/mol. The van der Waals surface area contributed by atoms with Crippen LogP contribution in [0.5, 0.6) is 0 Å². The summed E-state index contributed by atoms with van der Waals surface area (Å²) < 4.78 is 0. The molecule has 1 atom stereocenters. The Morgan fingerprint density at radius 2 is 2.09 bits per heavy atom. The number of rotatable bonds is 7. The first kappa shape index (κ1) is 17.2. The molecule has 1 aliphatic heterocycles. The molecule has 5 nitrogen and oxygen atoms in total. The number of urea groups is 1. The molecule has 1 aromatic heterocycles. The standard InChI is InChI=1S/C16H28N4OS/c1-14(13-20-9-7-19(2)8-10-20)12-18-16(21)17-6-5-15-4-3-11-22-15/h3-4,11,14H,5-10,12-13H2,1-2H3,(H2,17,18,21)/t14-/m1/s1. The lowest BCUT2D eigenvalue weighted by Crippen LogP contribution is -2.47. The summed E-state index contributed by atoms with van der Waals surface area (Å²) in [6.07, 6.45) is 0.905. The van der Waals surface area contributed by atoms with Gasteiger partial charge in [-0.05, 0) is 30.8 Å². The van der Waals surface area contributed by atoms with Gasteiger partial charge >= 0.3 is 6.03 Å². The van der Waals surface area contributed by atoms with Gasteiger partial charge in [-0.15, -0.1) is 11.3 Å². The lowest BCUT2D eigenvalue weighted by molar-refractivity contribution is 0.138. The lowest BCUT2D eigenvalue weighted by atomic mass is 10.1. The maximum absolute atomic E-state index is 11.8. The molecule has 0 unspecified atom stereocenters. The second-order valence-corrected chi connectivity index (χ2v) is 7.21. The summed E-state index contributed by atoms with van der Waals surface area (Å²) in [5, 5.41) is 7.96. The minimum Gasteiger partial charge on any atom is -0.338 e. The van der Waals surface area contributed by atoms with E-state index in [1.807, 2.05) is 6.07 Å². The van der Waals surface area contributed by atoms with Gasteiger partial charge in [-0.25, -0.2) is 4.79 Å². The molecular weight excluding hydrogens is 296 g/mol. The number of piperazine rings is 1. The third-order valence-corrected chi connectivity index (χ3v) is 4.95. The van der Waals surface area contributed by atoms with Gasteiger partial charge in [0.25, 0.3) is 0 Å². The molecule has 0 radical (unpaired) electrons. The molecule has 1 aromatic rings. The summed E-state index contributed by atoms with van der Waals surface area (Å²) in [5.41, 5.74) is 0. The second kappa shape index (κ2) is 9.12. The smallest absolute Gasteiger partial charge is 0.314 e. The molecule has 1 fully saturated rings. The highest BCUT2D eigenvalue weighted by Gasteiger charge is 2.16. The van der Waals surface area contributed by atoms with Crippen LogP contribution in [0.25, 0.3) is 0 Å². The van der Waals surface area contributed by atoms with Crippen molar-refractivity contribution < 1.29 is 4.79 Å². The number of nitrogens with zero attached hydrogens (tertiary/aromatic N) is 2. The number of hydrogen-bond acceptors (Lipinski definition) is 4. The van der Waals surface area contributed by atoms with Crippen molar-refractivity contribution in [3.8, 4) is 0 Å². The van der Waals surface area contributed by atoms with Crippen molar-refractivity contribution in [2.24, 2.45) is 5.92 Å². The summed E-state index contributed by atoms with van der Waals surface area (Å²) in [5.74, 6) is 0.478. The molecule has 2 N–H and O–H groups in total. The third kappa shape index (κ3) is 6.34. The predicted molar refractivity (Wildman–Crippen MR) is 92.5 cm³/mol. The van der Waals surface area contributed by atoms with Crippen LogP contribution in [0.3, 0.4) is 0 Å². The predicted octanol–water partition coefficient (Wildman–Crippen LogP) is 1.47. The highest BCUT2D eigenvalue weighted by atomic mass is 32.1. The molecule has 0 spiro atoms. The number of amides is 2. The minimum absolute atomic E-state index is 0.0539. The quantitative estimate of drug-likeness (QED) is 0.798. The molecule has 2 amide bonds. The fourth-order valence-electron chi connectivity index (χ4n) is 2.62. The molecule has 0 saturated carbocycles. The molecule has 22 heavy (non-hydrogen) atoms. The fraction of sp³-hybridized carbons (Fsp3) is 0.688. The van der Waals surface area contributed by atoms with Crippen molar-refractivity contribution in [1.82, 2.24) is 20.4 Å². The summed E-state index contributed by atoms with van der Waals surface area (Å²) >= 11 is 1.73. The molecule has 0 aliphatic carbocycles. The Balaban J connectivity index is 1.53. The van der Waals surface area contributed by atoms with E-state index < -0.39 is 0 Å². The zero-order chi connectivity index (χ0) is 15.8. The molecular formula is C16H28N4OS. The van der Waals surface area contributed by atoms with Crippen molar-refractivity contribution >= 4 is 17.4 Å². The highest BCUT2D eigenvalue weighted by Crippen LogP contribution is 2.08. The first-order chi connectivity index (χ1) is 10.6. The number of thiophene rings is 1. The van der Waals surface area contributed by atoms with E-state index in [2.05, 4.69) is 45.9 Å².